The van der Waals surface area contributed by atoms with Crippen molar-refractivity contribution in [1.82, 2.24) is 0 Å². The quantitative estimate of drug-likeness (QED) is 0.308. The smallest absolute Gasteiger partial charge is 0.469 e. The molecule has 0 N–H and O–H groups in total. The van der Waals surface area contributed by atoms with Crippen LogP contribution >= 0.6 is 0 Å². The molecule has 3 aromatic rings. The van der Waals surface area contributed by atoms with Gasteiger partial charge >= 0.3 is 12.3 Å². The zero-order valence-corrected chi connectivity index (χ0v) is 18.5. The van der Waals surface area contributed by atoms with Crippen molar-refractivity contribution in [2.24, 2.45) is 5.92 Å². The maximum absolute atomic E-state index is 12.5. The summed E-state index contributed by atoms with van der Waals surface area (Å²) < 4.78 is 46.4. The molecule has 0 saturated carbocycles. The van der Waals surface area contributed by atoms with E-state index in [4.69, 9.17) is 4.74 Å². The van der Waals surface area contributed by atoms with Crippen molar-refractivity contribution in [3.05, 3.63) is 90.0 Å². The van der Waals surface area contributed by atoms with Crippen LogP contribution in [0.25, 0.3) is 11.1 Å². The zero-order chi connectivity index (χ0) is 23.7. The summed E-state index contributed by atoms with van der Waals surface area (Å²) in [5, 5.41) is 0. The number of benzene rings is 3. The molecule has 0 bridgehead atoms. The van der Waals surface area contributed by atoms with E-state index in [1.54, 1.807) is 6.07 Å². The van der Waals surface area contributed by atoms with Gasteiger partial charge in [0.15, 0.2) is 0 Å². The van der Waals surface area contributed by atoms with Crippen LogP contribution in [0.2, 0.25) is 0 Å². The summed E-state index contributed by atoms with van der Waals surface area (Å²) in [7, 11) is 1.41. The molecule has 0 spiro atoms. The highest BCUT2D eigenvalue weighted by Gasteiger charge is 2.31. The number of alkyl halides is 3. The van der Waals surface area contributed by atoms with Gasteiger partial charge in [0.1, 0.15) is 5.75 Å². The van der Waals surface area contributed by atoms with Gasteiger partial charge in [0.2, 0.25) is 0 Å². The van der Waals surface area contributed by atoms with E-state index < -0.39 is 6.36 Å². The molecule has 0 radical (unpaired) electrons. The van der Waals surface area contributed by atoms with E-state index in [-0.39, 0.29) is 17.6 Å². The van der Waals surface area contributed by atoms with Gasteiger partial charge in [-0.05, 0) is 66.5 Å². The summed E-state index contributed by atoms with van der Waals surface area (Å²) in [6.45, 7) is 0. The van der Waals surface area contributed by atoms with E-state index >= 15 is 0 Å². The predicted octanol–water partition coefficient (Wildman–Crippen LogP) is 7.00. The fourth-order valence-corrected chi connectivity index (χ4v) is 3.82. The summed E-state index contributed by atoms with van der Waals surface area (Å²) in [4.78, 5) is 12.2. The lowest BCUT2D eigenvalue weighted by molar-refractivity contribution is -0.274. The molecule has 0 aromatic heterocycles. The lowest BCUT2D eigenvalue weighted by atomic mass is 9.93. The minimum atomic E-state index is -4.72. The van der Waals surface area contributed by atoms with E-state index in [9.17, 15) is 18.0 Å². The number of aryl methyl sites for hydroxylation is 2. The number of hydrogen-bond acceptors (Lipinski definition) is 3. The van der Waals surface area contributed by atoms with Crippen LogP contribution in [-0.4, -0.2) is 19.4 Å². The Balaban J connectivity index is 1.57. The first-order valence-electron chi connectivity index (χ1n) is 10.9. The highest BCUT2D eigenvalue weighted by Crippen LogP contribution is 2.28. The van der Waals surface area contributed by atoms with E-state index in [2.05, 4.69) is 16.9 Å². The van der Waals surface area contributed by atoms with E-state index in [1.807, 2.05) is 42.5 Å². The zero-order valence-electron chi connectivity index (χ0n) is 18.5. The second-order valence-electron chi connectivity index (χ2n) is 7.91. The molecule has 0 heterocycles. The second kappa shape index (κ2) is 11.5. The maximum atomic E-state index is 12.5. The standard InChI is InChI=1S/C27H27F3O3/c1-32-26(31)23(10-5-9-20-7-3-2-4-8-20)18-15-21-13-16-22(17-14-21)24-11-6-12-25(19-24)33-27(28,29)30/h2-4,6-8,11-14,16-17,19,23H,5,9-10,15,18H2,1H3. The number of hydrogen-bond donors (Lipinski definition) is 0. The van der Waals surface area contributed by atoms with Gasteiger partial charge < -0.3 is 9.47 Å². The van der Waals surface area contributed by atoms with Gasteiger partial charge in [0.05, 0.1) is 13.0 Å². The summed E-state index contributed by atoms with van der Waals surface area (Å²) in [6.07, 6.45) is -0.761. The third-order valence-corrected chi connectivity index (χ3v) is 5.53. The predicted molar refractivity (Wildman–Crippen MR) is 122 cm³/mol. The first kappa shape index (κ1) is 24.4. The minimum absolute atomic E-state index is 0.172. The Morgan fingerprint density at radius 2 is 1.52 bits per heavy atom. The van der Waals surface area contributed by atoms with Crippen molar-refractivity contribution >= 4 is 5.97 Å². The molecule has 0 fully saturated rings. The first-order chi connectivity index (χ1) is 15.8. The second-order valence-corrected chi connectivity index (χ2v) is 7.91. The largest absolute Gasteiger partial charge is 0.573 e. The Morgan fingerprint density at radius 1 is 0.818 bits per heavy atom. The number of rotatable bonds is 10. The van der Waals surface area contributed by atoms with Crippen molar-refractivity contribution in [3.8, 4) is 16.9 Å². The van der Waals surface area contributed by atoms with E-state index in [1.165, 1.54) is 30.9 Å². The summed E-state index contributed by atoms with van der Waals surface area (Å²) in [5.41, 5.74) is 3.73. The van der Waals surface area contributed by atoms with Gasteiger partial charge in [0.25, 0.3) is 0 Å². The van der Waals surface area contributed by atoms with Crippen LogP contribution in [0.3, 0.4) is 0 Å². The minimum Gasteiger partial charge on any atom is -0.469 e. The molecule has 174 valence electrons. The molecule has 3 rings (SSSR count). The number of halogens is 3. The van der Waals surface area contributed by atoms with Crippen molar-refractivity contribution in [2.45, 2.75) is 38.5 Å². The summed E-state index contributed by atoms with van der Waals surface area (Å²) in [5.74, 6) is -0.615. The van der Waals surface area contributed by atoms with Crippen molar-refractivity contribution in [2.75, 3.05) is 7.11 Å². The topological polar surface area (TPSA) is 35.5 Å². The van der Waals surface area contributed by atoms with Gasteiger partial charge in [-0.2, -0.15) is 0 Å². The van der Waals surface area contributed by atoms with E-state index in [0.717, 1.165) is 30.4 Å². The molecule has 0 amide bonds. The molecule has 0 aliphatic carbocycles. The van der Waals surface area contributed by atoms with Gasteiger partial charge in [-0.3, -0.25) is 4.79 Å². The van der Waals surface area contributed by atoms with Crippen LogP contribution in [0, 0.1) is 5.92 Å². The van der Waals surface area contributed by atoms with Gasteiger partial charge in [-0.1, -0.05) is 66.7 Å². The molecule has 0 aliphatic rings. The lowest BCUT2D eigenvalue weighted by Crippen LogP contribution is -2.17. The fourth-order valence-electron chi connectivity index (χ4n) is 3.82. The highest BCUT2D eigenvalue weighted by molar-refractivity contribution is 5.72. The average Bonchev–Trinajstić information content (AvgIpc) is 2.81. The van der Waals surface area contributed by atoms with Crippen LogP contribution in [0.1, 0.15) is 30.4 Å². The van der Waals surface area contributed by atoms with Crippen LogP contribution in [0.15, 0.2) is 78.9 Å². The number of carbonyl (C=O) groups is 1. The molecular formula is C27H27F3O3. The SMILES string of the molecule is COC(=O)C(CCCc1ccccc1)CCc1ccc(-c2cccc(OC(F)(F)F)c2)cc1. The van der Waals surface area contributed by atoms with Crippen LogP contribution < -0.4 is 4.74 Å². The number of ether oxygens (including phenoxy) is 2. The molecule has 3 aromatic carbocycles. The van der Waals surface area contributed by atoms with Gasteiger partial charge in [0, 0.05) is 0 Å². The molecule has 33 heavy (non-hydrogen) atoms. The van der Waals surface area contributed by atoms with Crippen molar-refractivity contribution in [1.29, 1.82) is 0 Å². The fraction of sp³-hybridized carbons (Fsp3) is 0.296. The molecular weight excluding hydrogens is 429 g/mol. The Kier molecular flexibility index (Phi) is 8.52. The number of esters is 1. The Hall–Kier alpha value is -3.28. The maximum Gasteiger partial charge on any atom is 0.573 e. The van der Waals surface area contributed by atoms with Crippen molar-refractivity contribution < 1.29 is 27.4 Å². The first-order valence-corrected chi connectivity index (χ1v) is 10.9. The molecule has 3 nitrogen and oxygen atoms in total. The number of carbonyl (C=O) groups excluding carboxylic acids is 1. The lowest BCUT2D eigenvalue weighted by Gasteiger charge is -2.15. The number of methoxy groups -OCH3 is 1. The van der Waals surface area contributed by atoms with Crippen LogP contribution in [0.4, 0.5) is 13.2 Å². The van der Waals surface area contributed by atoms with Crippen molar-refractivity contribution in [3.63, 3.8) is 0 Å². The molecule has 0 saturated heterocycles. The molecule has 1 atom stereocenters. The summed E-state index contributed by atoms with van der Waals surface area (Å²) >= 11 is 0. The van der Waals surface area contributed by atoms with Gasteiger partial charge in [-0.15, -0.1) is 13.2 Å². The third kappa shape index (κ3) is 7.97. The van der Waals surface area contributed by atoms with Gasteiger partial charge in [-0.25, -0.2) is 0 Å². The summed E-state index contributed by atoms with van der Waals surface area (Å²) in [6, 6.07) is 23.7. The Morgan fingerprint density at radius 3 is 2.18 bits per heavy atom. The monoisotopic (exact) mass is 456 g/mol. The molecule has 1 unspecified atom stereocenters. The molecule has 6 heteroatoms. The third-order valence-electron chi connectivity index (χ3n) is 5.53. The van der Waals surface area contributed by atoms with Crippen LogP contribution in [0.5, 0.6) is 5.75 Å². The van der Waals surface area contributed by atoms with Crippen LogP contribution in [-0.2, 0) is 22.4 Å². The Labute approximate surface area is 192 Å². The normalized spacial score (nSPS) is 12.2. The highest BCUT2D eigenvalue weighted by atomic mass is 19.4. The Bertz CT molecular complexity index is 1010. The molecule has 0 aliphatic heterocycles. The van der Waals surface area contributed by atoms with E-state index in [0.29, 0.717) is 18.4 Å². The average molecular weight is 457 g/mol.